The summed E-state index contributed by atoms with van der Waals surface area (Å²) in [6.07, 6.45) is 4.78. The van der Waals surface area contributed by atoms with E-state index in [4.69, 9.17) is 5.73 Å². The van der Waals surface area contributed by atoms with E-state index < -0.39 is 0 Å². The lowest BCUT2D eigenvalue weighted by atomic mass is 10.1. The predicted octanol–water partition coefficient (Wildman–Crippen LogP) is 3.65. The van der Waals surface area contributed by atoms with Gasteiger partial charge in [-0.05, 0) is 37.3 Å². The van der Waals surface area contributed by atoms with Crippen LogP contribution in [0.2, 0.25) is 0 Å². The summed E-state index contributed by atoms with van der Waals surface area (Å²) >= 11 is 1.75. The Morgan fingerprint density at radius 2 is 1.95 bits per heavy atom. The highest BCUT2D eigenvalue weighted by atomic mass is 32.2. The van der Waals surface area contributed by atoms with Gasteiger partial charge in [0, 0.05) is 11.3 Å². The minimum atomic E-state index is 0.108. The van der Waals surface area contributed by atoms with Gasteiger partial charge in [0.05, 0.1) is 5.69 Å². The molecule has 0 saturated heterocycles. The Labute approximate surface area is 120 Å². The van der Waals surface area contributed by atoms with Crippen molar-refractivity contribution >= 4 is 23.4 Å². The molecule has 0 aliphatic heterocycles. The first-order valence-corrected chi connectivity index (χ1v) is 7.98. The van der Waals surface area contributed by atoms with Crippen LogP contribution in [0.25, 0.3) is 0 Å². The first-order chi connectivity index (χ1) is 9.27. The minimum absolute atomic E-state index is 0.108. The highest BCUT2D eigenvalue weighted by molar-refractivity contribution is 7.99. The molecule has 0 radical (unpaired) electrons. The number of anilines is 1. The second-order valence-corrected chi connectivity index (χ2v) is 5.74. The number of unbranched alkanes of at least 4 members (excludes halogenated alkanes) is 3. The highest BCUT2D eigenvalue weighted by Crippen LogP contribution is 2.26. The van der Waals surface area contributed by atoms with Crippen molar-refractivity contribution in [3.8, 4) is 0 Å². The van der Waals surface area contributed by atoms with Gasteiger partial charge in [0.15, 0.2) is 0 Å². The van der Waals surface area contributed by atoms with Gasteiger partial charge in [-0.2, -0.15) is 0 Å². The topological polar surface area (TPSA) is 55.1 Å². The highest BCUT2D eigenvalue weighted by Gasteiger charge is 2.06. The number of carbonyl (C=O) groups excluding carboxylic acids is 1. The number of para-hydroxylation sites is 1. The van der Waals surface area contributed by atoms with E-state index >= 15 is 0 Å². The molecule has 0 saturated carbocycles. The molecule has 0 aromatic heterocycles. The molecule has 19 heavy (non-hydrogen) atoms. The molecule has 0 unspecified atom stereocenters. The van der Waals surface area contributed by atoms with Gasteiger partial charge in [-0.15, -0.1) is 11.8 Å². The largest absolute Gasteiger partial charge is 0.330 e. The van der Waals surface area contributed by atoms with E-state index in [2.05, 4.69) is 12.2 Å². The number of hydrogen-bond donors (Lipinski definition) is 2. The Hall–Kier alpha value is -1.00. The Kier molecular flexibility index (Phi) is 8.34. The monoisotopic (exact) mass is 280 g/mol. The van der Waals surface area contributed by atoms with Crippen molar-refractivity contribution in [1.29, 1.82) is 0 Å². The van der Waals surface area contributed by atoms with Gasteiger partial charge in [-0.3, -0.25) is 4.79 Å². The molecule has 0 heterocycles. The van der Waals surface area contributed by atoms with Crippen molar-refractivity contribution in [2.75, 3.05) is 17.6 Å². The fourth-order valence-electron chi connectivity index (χ4n) is 1.85. The summed E-state index contributed by atoms with van der Waals surface area (Å²) in [6.45, 7) is 2.86. The Morgan fingerprint density at radius 3 is 2.68 bits per heavy atom. The van der Waals surface area contributed by atoms with Gasteiger partial charge in [-0.1, -0.05) is 31.9 Å². The molecule has 0 spiro atoms. The van der Waals surface area contributed by atoms with E-state index in [1.54, 1.807) is 11.8 Å². The molecule has 1 aromatic carbocycles. The summed E-state index contributed by atoms with van der Waals surface area (Å²) in [5.41, 5.74) is 6.37. The third-order valence-corrected chi connectivity index (χ3v) is 3.77. The number of hydrogen-bond acceptors (Lipinski definition) is 3. The predicted molar refractivity (Wildman–Crippen MR) is 83.6 cm³/mol. The molecule has 0 atom stereocenters. The van der Waals surface area contributed by atoms with Gasteiger partial charge in [-0.25, -0.2) is 0 Å². The summed E-state index contributed by atoms with van der Waals surface area (Å²) in [5.74, 6) is 1.11. The molecule has 4 heteroatoms. The van der Waals surface area contributed by atoms with Crippen LogP contribution in [0.4, 0.5) is 5.69 Å². The quantitative estimate of drug-likeness (QED) is 0.536. The lowest BCUT2D eigenvalue weighted by Gasteiger charge is -2.09. The molecule has 1 rings (SSSR count). The van der Waals surface area contributed by atoms with Crippen molar-refractivity contribution in [2.45, 2.75) is 43.9 Å². The first kappa shape index (κ1) is 16.1. The van der Waals surface area contributed by atoms with Crippen molar-refractivity contribution in [3.05, 3.63) is 24.3 Å². The summed E-state index contributed by atoms with van der Waals surface area (Å²) < 4.78 is 0. The zero-order valence-corrected chi connectivity index (χ0v) is 12.5. The second kappa shape index (κ2) is 9.87. The molecule has 0 aliphatic rings. The number of nitrogens with two attached hydrogens (primary N) is 1. The summed E-state index contributed by atoms with van der Waals surface area (Å²) in [7, 11) is 0. The van der Waals surface area contributed by atoms with Crippen molar-refractivity contribution < 1.29 is 4.79 Å². The first-order valence-electron chi connectivity index (χ1n) is 6.99. The van der Waals surface area contributed by atoms with Gasteiger partial charge >= 0.3 is 0 Å². The molecule has 0 aliphatic carbocycles. The molecule has 1 aromatic rings. The van der Waals surface area contributed by atoms with Crippen LogP contribution in [0.3, 0.4) is 0 Å². The third kappa shape index (κ3) is 6.64. The van der Waals surface area contributed by atoms with Crippen LogP contribution in [0.15, 0.2) is 29.2 Å². The fraction of sp³-hybridized carbons (Fsp3) is 0.533. The molecule has 3 nitrogen and oxygen atoms in total. The normalized spacial score (nSPS) is 10.4. The van der Waals surface area contributed by atoms with Crippen LogP contribution in [0, 0.1) is 0 Å². The maximum atomic E-state index is 11.9. The van der Waals surface area contributed by atoms with Gasteiger partial charge in [0.1, 0.15) is 0 Å². The number of rotatable bonds is 9. The minimum Gasteiger partial charge on any atom is -0.330 e. The molecule has 3 N–H and O–H groups in total. The fourth-order valence-corrected chi connectivity index (χ4v) is 2.61. The second-order valence-electron chi connectivity index (χ2n) is 4.43. The number of benzene rings is 1. The van der Waals surface area contributed by atoms with Crippen LogP contribution in [0.5, 0.6) is 0 Å². The van der Waals surface area contributed by atoms with Gasteiger partial charge in [0.25, 0.3) is 0 Å². The third-order valence-electron chi connectivity index (χ3n) is 2.82. The van der Waals surface area contributed by atoms with Crippen LogP contribution >= 0.6 is 11.8 Å². The van der Waals surface area contributed by atoms with Gasteiger partial charge < -0.3 is 11.1 Å². The van der Waals surface area contributed by atoms with Crippen LogP contribution in [-0.4, -0.2) is 18.2 Å². The van der Waals surface area contributed by atoms with Gasteiger partial charge in [0.2, 0.25) is 5.91 Å². The molecule has 0 fully saturated rings. The molecule has 0 bridgehead atoms. The van der Waals surface area contributed by atoms with Crippen molar-refractivity contribution in [1.82, 2.24) is 0 Å². The number of thioether (sulfide) groups is 1. The number of carbonyl (C=O) groups is 1. The Bertz CT molecular complexity index is 382. The van der Waals surface area contributed by atoms with Crippen LogP contribution in [-0.2, 0) is 4.79 Å². The van der Waals surface area contributed by atoms with E-state index in [1.165, 1.54) is 0 Å². The summed E-state index contributed by atoms with van der Waals surface area (Å²) in [5, 5.41) is 3.00. The van der Waals surface area contributed by atoms with Crippen molar-refractivity contribution in [3.63, 3.8) is 0 Å². The smallest absolute Gasteiger partial charge is 0.224 e. The van der Waals surface area contributed by atoms with E-state index in [1.807, 2.05) is 24.3 Å². The average molecular weight is 280 g/mol. The van der Waals surface area contributed by atoms with E-state index in [-0.39, 0.29) is 5.91 Å². The number of nitrogens with one attached hydrogen (secondary N) is 1. The zero-order chi connectivity index (χ0) is 13.9. The molecule has 106 valence electrons. The number of amides is 1. The Balaban J connectivity index is 2.35. The van der Waals surface area contributed by atoms with Crippen LogP contribution in [0.1, 0.15) is 39.0 Å². The summed E-state index contributed by atoms with van der Waals surface area (Å²) in [4.78, 5) is 13.0. The Morgan fingerprint density at radius 1 is 1.21 bits per heavy atom. The molecular formula is C15H24N2OS. The maximum Gasteiger partial charge on any atom is 0.224 e. The maximum absolute atomic E-state index is 11.9. The van der Waals surface area contributed by atoms with Crippen LogP contribution < -0.4 is 11.1 Å². The average Bonchev–Trinajstić information content (AvgIpc) is 2.41. The summed E-state index contributed by atoms with van der Waals surface area (Å²) in [6, 6.07) is 7.96. The zero-order valence-electron chi connectivity index (χ0n) is 11.7. The SMILES string of the molecule is CCSc1ccccc1NC(=O)CCCCCCN. The van der Waals surface area contributed by atoms with E-state index in [0.717, 1.165) is 48.6 Å². The lowest BCUT2D eigenvalue weighted by molar-refractivity contribution is -0.116. The molecular weight excluding hydrogens is 256 g/mol. The van der Waals surface area contributed by atoms with Crippen molar-refractivity contribution in [2.24, 2.45) is 5.73 Å². The van der Waals surface area contributed by atoms with E-state index in [0.29, 0.717) is 6.42 Å². The molecule has 1 amide bonds. The van der Waals surface area contributed by atoms with E-state index in [9.17, 15) is 4.79 Å². The lowest BCUT2D eigenvalue weighted by Crippen LogP contribution is -2.11. The standard InChI is InChI=1S/C15H24N2OS/c1-2-19-14-10-7-6-9-13(14)17-15(18)11-5-3-4-8-12-16/h6-7,9-10H,2-5,8,11-12,16H2,1H3,(H,17,18).